The van der Waals surface area contributed by atoms with Gasteiger partial charge in [-0.05, 0) is 18.8 Å². The number of amides is 2. The number of primary amides is 1. The predicted molar refractivity (Wildman–Crippen MR) is 56.8 cm³/mol. The first-order valence-corrected chi connectivity index (χ1v) is 5.29. The van der Waals surface area contributed by atoms with Crippen LogP contribution in [0.25, 0.3) is 0 Å². The summed E-state index contributed by atoms with van der Waals surface area (Å²) in [6.45, 7) is 0.741. The summed E-state index contributed by atoms with van der Waals surface area (Å²) < 4.78 is 0. The maximum Gasteiger partial charge on any atom is 0.239 e. The number of nitrogens with zero attached hydrogens (tertiary/aromatic N) is 1. The minimum atomic E-state index is -0.785. The fourth-order valence-electron chi connectivity index (χ4n) is 1.74. The number of hydrogen-bond acceptors (Lipinski definition) is 3. The molecule has 0 aromatic rings. The van der Waals surface area contributed by atoms with Gasteiger partial charge in [0.1, 0.15) is 0 Å². The van der Waals surface area contributed by atoms with Gasteiger partial charge in [0.15, 0.2) is 0 Å². The lowest BCUT2D eigenvalue weighted by atomic mass is 9.85. The molecule has 0 radical (unpaired) electrons. The Kier molecular flexibility index (Phi) is 4.08. The van der Waals surface area contributed by atoms with E-state index in [4.69, 9.17) is 11.5 Å². The quantitative estimate of drug-likeness (QED) is 0.642. The highest BCUT2D eigenvalue weighted by Crippen LogP contribution is 2.26. The van der Waals surface area contributed by atoms with Crippen LogP contribution in [0.2, 0.25) is 0 Å². The molecule has 1 rings (SSSR count). The number of nitrogens with two attached hydrogens (primary N) is 2. The molecule has 5 nitrogen and oxygen atoms in total. The molecule has 0 spiro atoms. The van der Waals surface area contributed by atoms with E-state index in [1.54, 1.807) is 11.9 Å². The molecule has 1 unspecified atom stereocenters. The van der Waals surface area contributed by atoms with Crippen LogP contribution in [0.1, 0.15) is 25.7 Å². The van der Waals surface area contributed by atoms with E-state index in [0.29, 0.717) is 5.92 Å². The fourth-order valence-corrected chi connectivity index (χ4v) is 1.74. The van der Waals surface area contributed by atoms with E-state index in [0.717, 1.165) is 6.54 Å². The van der Waals surface area contributed by atoms with Crippen molar-refractivity contribution in [1.82, 2.24) is 4.90 Å². The van der Waals surface area contributed by atoms with Gasteiger partial charge >= 0.3 is 0 Å². The standard InChI is InChI=1S/C10H19N3O2/c1-13(6-7-3-2-4-7)10(15)8(11)5-9(12)14/h7-8H,2-6,11H2,1H3,(H2,12,14). The number of carbonyl (C=O) groups excluding carboxylic acids is 2. The lowest BCUT2D eigenvalue weighted by molar-refractivity contribution is -0.134. The highest BCUT2D eigenvalue weighted by atomic mass is 16.2. The minimum Gasteiger partial charge on any atom is -0.370 e. The summed E-state index contributed by atoms with van der Waals surface area (Å²) in [6.07, 6.45) is 3.54. The summed E-state index contributed by atoms with van der Waals surface area (Å²) >= 11 is 0. The monoisotopic (exact) mass is 213 g/mol. The van der Waals surface area contributed by atoms with E-state index in [1.165, 1.54) is 19.3 Å². The molecule has 1 aliphatic rings. The Morgan fingerprint density at radius 1 is 1.47 bits per heavy atom. The first kappa shape index (κ1) is 12.0. The van der Waals surface area contributed by atoms with Crippen molar-refractivity contribution < 1.29 is 9.59 Å². The largest absolute Gasteiger partial charge is 0.370 e. The molecule has 1 saturated carbocycles. The van der Waals surface area contributed by atoms with Crippen LogP contribution in [0.3, 0.4) is 0 Å². The molecule has 1 fully saturated rings. The molecule has 2 amide bonds. The number of rotatable bonds is 5. The summed E-state index contributed by atoms with van der Waals surface area (Å²) in [5, 5.41) is 0. The van der Waals surface area contributed by atoms with Gasteiger partial charge in [0.25, 0.3) is 0 Å². The third-order valence-corrected chi connectivity index (χ3v) is 2.87. The van der Waals surface area contributed by atoms with E-state index in [-0.39, 0.29) is 12.3 Å². The lowest BCUT2D eigenvalue weighted by Crippen LogP contribution is -2.46. The second-order valence-electron chi connectivity index (χ2n) is 4.29. The second-order valence-corrected chi connectivity index (χ2v) is 4.29. The minimum absolute atomic E-state index is 0.0756. The topological polar surface area (TPSA) is 89.4 Å². The summed E-state index contributed by atoms with van der Waals surface area (Å²) in [5.74, 6) is -0.117. The first-order valence-electron chi connectivity index (χ1n) is 5.29. The fraction of sp³-hybridized carbons (Fsp3) is 0.800. The Balaban J connectivity index is 2.33. The van der Waals surface area contributed by atoms with Crippen molar-refractivity contribution >= 4 is 11.8 Å². The van der Waals surface area contributed by atoms with Crippen LogP contribution in [-0.2, 0) is 9.59 Å². The molecule has 5 heteroatoms. The molecule has 0 heterocycles. The SMILES string of the molecule is CN(CC1CCC1)C(=O)C(N)CC(N)=O. The van der Waals surface area contributed by atoms with Crippen molar-refractivity contribution in [1.29, 1.82) is 0 Å². The van der Waals surface area contributed by atoms with Gasteiger partial charge in [0, 0.05) is 13.6 Å². The summed E-state index contributed by atoms with van der Waals surface area (Å²) in [7, 11) is 1.72. The third-order valence-electron chi connectivity index (χ3n) is 2.87. The summed E-state index contributed by atoms with van der Waals surface area (Å²) in [6, 6.07) is -0.785. The predicted octanol–water partition coefficient (Wildman–Crippen LogP) is -0.552. The van der Waals surface area contributed by atoms with E-state index in [9.17, 15) is 9.59 Å². The van der Waals surface area contributed by atoms with Gasteiger partial charge in [0.2, 0.25) is 11.8 Å². The normalized spacial score (nSPS) is 18.0. The Hall–Kier alpha value is -1.10. The van der Waals surface area contributed by atoms with Crippen LogP contribution in [0.5, 0.6) is 0 Å². The number of hydrogen-bond donors (Lipinski definition) is 2. The van der Waals surface area contributed by atoms with Crippen molar-refractivity contribution in [3.63, 3.8) is 0 Å². The van der Waals surface area contributed by atoms with Gasteiger partial charge in [-0.3, -0.25) is 9.59 Å². The smallest absolute Gasteiger partial charge is 0.239 e. The Morgan fingerprint density at radius 2 is 2.07 bits per heavy atom. The molecule has 0 aromatic heterocycles. The average molecular weight is 213 g/mol. The third kappa shape index (κ3) is 3.51. The Morgan fingerprint density at radius 3 is 2.47 bits per heavy atom. The van der Waals surface area contributed by atoms with Crippen LogP contribution < -0.4 is 11.5 Å². The zero-order chi connectivity index (χ0) is 11.4. The molecular weight excluding hydrogens is 194 g/mol. The van der Waals surface area contributed by atoms with Gasteiger partial charge in [-0.15, -0.1) is 0 Å². The van der Waals surface area contributed by atoms with Gasteiger partial charge in [0.05, 0.1) is 12.5 Å². The van der Waals surface area contributed by atoms with E-state index >= 15 is 0 Å². The maximum atomic E-state index is 11.6. The zero-order valence-corrected chi connectivity index (χ0v) is 9.11. The Labute approximate surface area is 89.8 Å². The van der Waals surface area contributed by atoms with Gasteiger partial charge in [-0.25, -0.2) is 0 Å². The molecule has 0 bridgehead atoms. The lowest BCUT2D eigenvalue weighted by Gasteiger charge is -2.31. The highest BCUT2D eigenvalue weighted by Gasteiger charge is 2.24. The van der Waals surface area contributed by atoms with Gasteiger partial charge in [-0.2, -0.15) is 0 Å². The number of carbonyl (C=O) groups is 2. The molecule has 4 N–H and O–H groups in total. The van der Waals surface area contributed by atoms with Crippen molar-refractivity contribution in [3.8, 4) is 0 Å². The van der Waals surface area contributed by atoms with E-state index in [1.807, 2.05) is 0 Å². The molecule has 86 valence electrons. The Bertz CT molecular complexity index is 251. The van der Waals surface area contributed by atoms with Crippen LogP contribution in [-0.4, -0.2) is 36.3 Å². The van der Waals surface area contributed by atoms with E-state index in [2.05, 4.69) is 0 Å². The van der Waals surface area contributed by atoms with E-state index < -0.39 is 11.9 Å². The molecule has 1 atom stereocenters. The molecule has 1 aliphatic carbocycles. The summed E-state index contributed by atoms with van der Waals surface area (Å²) in [4.78, 5) is 23.9. The molecule has 0 saturated heterocycles. The van der Waals surface area contributed by atoms with Gasteiger partial charge in [-0.1, -0.05) is 6.42 Å². The average Bonchev–Trinajstić information content (AvgIpc) is 2.08. The van der Waals surface area contributed by atoms with Crippen molar-refractivity contribution in [2.24, 2.45) is 17.4 Å². The zero-order valence-electron chi connectivity index (χ0n) is 9.11. The first-order chi connectivity index (χ1) is 7.00. The second kappa shape index (κ2) is 5.11. The molecule has 0 aromatic carbocycles. The molecular formula is C10H19N3O2. The van der Waals surface area contributed by atoms with Crippen molar-refractivity contribution in [2.45, 2.75) is 31.7 Å². The van der Waals surface area contributed by atoms with Crippen LogP contribution in [0, 0.1) is 5.92 Å². The van der Waals surface area contributed by atoms with Crippen molar-refractivity contribution in [3.05, 3.63) is 0 Å². The summed E-state index contributed by atoms with van der Waals surface area (Å²) in [5.41, 5.74) is 10.5. The van der Waals surface area contributed by atoms with Crippen LogP contribution in [0.15, 0.2) is 0 Å². The van der Waals surface area contributed by atoms with Crippen LogP contribution in [0.4, 0.5) is 0 Å². The van der Waals surface area contributed by atoms with Gasteiger partial charge < -0.3 is 16.4 Å². The molecule has 15 heavy (non-hydrogen) atoms. The van der Waals surface area contributed by atoms with Crippen molar-refractivity contribution in [2.75, 3.05) is 13.6 Å². The number of likely N-dealkylation sites (N-methyl/N-ethyl adjacent to an activating group) is 1. The van der Waals surface area contributed by atoms with Crippen LogP contribution >= 0.6 is 0 Å². The molecule has 0 aliphatic heterocycles. The maximum absolute atomic E-state index is 11.6. The highest BCUT2D eigenvalue weighted by molar-refractivity contribution is 5.87.